The number of aromatic nitrogens is 1. The summed E-state index contributed by atoms with van der Waals surface area (Å²) in [5.74, 6) is 0. The molecule has 4 nitrogen and oxygen atoms in total. The van der Waals surface area contributed by atoms with Gasteiger partial charge in [0.2, 0.25) is 0 Å². The van der Waals surface area contributed by atoms with Crippen LogP contribution < -0.4 is 5.32 Å². The Balaban J connectivity index is 1.61. The van der Waals surface area contributed by atoms with E-state index in [-0.39, 0.29) is 6.03 Å². The van der Waals surface area contributed by atoms with E-state index >= 15 is 0 Å². The van der Waals surface area contributed by atoms with Crippen molar-refractivity contribution in [2.45, 2.75) is 38.6 Å². The molecule has 0 radical (unpaired) electrons. The molecule has 0 spiro atoms. The number of amides is 2. The summed E-state index contributed by atoms with van der Waals surface area (Å²) in [4.78, 5) is 19.9. The van der Waals surface area contributed by atoms with Gasteiger partial charge in [0.15, 0.2) is 5.13 Å². The number of rotatable bonds is 3. The monoisotopic (exact) mass is 349 g/mol. The lowest BCUT2D eigenvalue weighted by atomic mass is 10.2. The van der Waals surface area contributed by atoms with Crippen LogP contribution in [0.1, 0.15) is 35.4 Å². The third kappa shape index (κ3) is 4.24. The van der Waals surface area contributed by atoms with Gasteiger partial charge in [-0.15, -0.1) is 11.3 Å². The Hall–Kier alpha value is -1.59. The summed E-state index contributed by atoms with van der Waals surface area (Å²) in [5.41, 5.74) is 2.21. The van der Waals surface area contributed by atoms with Gasteiger partial charge in [0, 0.05) is 23.5 Å². The second-order valence-electron chi connectivity index (χ2n) is 5.86. The molecule has 0 unspecified atom stereocenters. The molecule has 1 aromatic heterocycles. The molecule has 0 atom stereocenters. The van der Waals surface area contributed by atoms with Crippen LogP contribution in [0.15, 0.2) is 24.3 Å². The molecule has 2 aromatic rings. The Morgan fingerprint density at radius 1 is 1.26 bits per heavy atom. The number of benzene rings is 1. The Bertz CT molecular complexity index is 660. The first kappa shape index (κ1) is 16.3. The zero-order valence-electron chi connectivity index (χ0n) is 13.1. The molecule has 122 valence electrons. The largest absolute Gasteiger partial charge is 0.323 e. The van der Waals surface area contributed by atoms with E-state index in [1.165, 1.54) is 29.8 Å². The molecule has 1 aliphatic carbocycles. The van der Waals surface area contributed by atoms with E-state index in [4.69, 9.17) is 11.6 Å². The zero-order valence-corrected chi connectivity index (χ0v) is 14.7. The van der Waals surface area contributed by atoms with Gasteiger partial charge in [-0.05, 0) is 43.4 Å². The van der Waals surface area contributed by atoms with Gasteiger partial charge in [0.25, 0.3) is 0 Å². The molecule has 2 amide bonds. The van der Waals surface area contributed by atoms with Crippen molar-refractivity contribution in [1.82, 2.24) is 9.88 Å². The topological polar surface area (TPSA) is 45.2 Å². The lowest BCUT2D eigenvalue weighted by Crippen LogP contribution is -2.30. The molecule has 0 fully saturated rings. The maximum atomic E-state index is 12.3. The number of hydrogen-bond acceptors (Lipinski definition) is 3. The fourth-order valence-corrected chi connectivity index (χ4v) is 3.87. The molecule has 0 saturated carbocycles. The van der Waals surface area contributed by atoms with E-state index in [0.717, 1.165) is 18.4 Å². The first-order valence-electron chi connectivity index (χ1n) is 7.87. The lowest BCUT2D eigenvalue weighted by molar-refractivity contribution is 0.220. The van der Waals surface area contributed by atoms with E-state index in [9.17, 15) is 4.79 Å². The van der Waals surface area contributed by atoms with Gasteiger partial charge in [0.1, 0.15) is 0 Å². The van der Waals surface area contributed by atoms with E-state index in [1.54, 1.807) is 23.3 Å². The third-order valence-electron chi connectivity index (χ3n) is 3.99. The van der Waals surface area contributed by atoms with Crippen LogP contribution in [0.5, 0.6) is 0 Å². The van der Waals surface area contributed by atoms with Crippen LogP contribution >= 0.6 is 22.9 Å². The number of hydrogen-bond donors (Lipinski definition) is 1. The summed E-state index contributed by atoms with van der Waals surface area (Å²) >= 11 is 7.50. The Morgan fingerprint density at radius 3 is 2.78 bits per heavy atom. The number of nitrogens with one attached hydrogen (secondary N) is 1. The molecule has 3 rings (SSSR count). The van der Waals surface area contributed by atoms with E-state index in [2.05, 4.69) is 10.3 Å². The van der Waals surface area contributed by atoms with Crippen LogP contribution in [0, 0.1) is 0 Å². The standard InChI is InChI=1S/C17H20ClN3OS/c1-21(11-12-7-9-13(18)10-8-12)17(22)20-16-19-14-5-3-2-4-6-15(14)23-16/h7-10H,2-6,11H2,1H3,(H,19,20,22). The average molecular weight is 350 g/mol. The Kier molecular flexibility index (Phi) is 5.18. The Morgan fingerprint density at radius 2 is 2.00 bits per heavy atom. The van der Waals surface area contributed by atoms with Crippen molar-refractivity contribution in [3.8, 4) is 0 Å². The number of thiazole rings is 1. The Labute approximate surface area is 145 Å². The summed E-state index contributed by atoms with van der Waals surface area (Å²) in [6.07, 6.45) is 5.81. The second-order valence-corrected chi connectivity index (χ2v) is 7.38. The van der Waals surface area contributed by atoms with Crippen LogP contribution in [-0.4, -0.2) is 23.0 Å². The number of urea groups is 1. The highest BCUT2D eigenvalue weighted by molar-refractivity contribution is 7.15. The van der Waals surface area contributed by atoms with Gasteiger partial charge in [-0.2, -0.15) is 0 Å². The zero-order chi connectivity index (χ0) is 16.2. The van der Waals surface area contributed by atoms with Crippen LogP contribution in [0.2, 0.25) is 5.02 Å². The number of halogens is 1. The SMILES string of the molecule is CN(Cc1ccc(Cl)cc1)C(=O)Nc1nc2c(s1)CCCCC2. The molecular formula is C17H20ClN3OS. The molecule has 0 saturated heterocycles. The highest BCUT2D eigenvalue weighted by atomic mass is 35.5. The minimum Gasteiger partial charge on any atom is -0.323 e. The van der Waals surface area contributed by atoms with Gasteiger partial charge >= 0.3 is 6.03 Å². The molecule has 6 heteroatoms. The molecule has 0 bridgehead atoms. The van der Waals surface area contributed by atoms with E-state index in [0.29, 0.717) is 16.7 Å². The third-order valence-corrected chi connectivity index (χ3v) is 5.31. The summed E-state index contributed by atoms with van der Waals surface area (Å²) < 4.78 is 0. The first-order chi connectivity index (χ1) is 11.1. The average Bonchev–Trinajstić information content (AvgIpc) is 2.78. The van der Waals surface area contributed by atoms with Gasteiger partial charge < -0.3 is 4.90 Å². The summed E-state index contributed by atoms with van der Waals surface area (Å²) in [7, 11) is 1.78. The maximum Gasteiger partial charge on any atom is 0.323 e. The number of carbonyl (C=O) groups excluding carboxylic acids is 1. The van der Waals surface area contributed by atoms with Crippen molar-refractivity contribution < 1.29 is 4.79 Å². The number of carbonyl (C=O) groups is 1. The van der Waals surface area contributed by atoms with Crippen molar-refractivity contribution in [1.29, 1.82) is 0 Å². The molecule has 1 N–H and O–H groups in total. The van der Waals surface area contributed by atoms with Gasteiger partial charge in [-0.1, -0.05) is 30.2 Å². The van der Waals surface area contributed by atoms with E-state index in [1.807, 2.05) is 24.3 Å². The van der Waals surface area contributed by atoms with Gasteiger partial charge in [-0.3, -0.25) is 5.32 Å². The number of aryl methyl sites for hydroxylation is 2. The van der Waals surface area contributed by atoms with Gasteiger partial charge in [0.05, 0.1) is 5.69 Å². The van der Waals surface area contributed by atoms with Gasteiger partial charge in [-0.25, -0.2) is 9.78 Å². The van der Waals surface area contributed by atoms with Crippen molar-refractivity contribution in [2.24, 2.45) is 0 Å². The van der Waals surface area contributed by atoms with Crippen molar-refractivity contribution in [3.05, 3.63) is 45.4 Å². The van der Waals surface area contributed by atoms with E-state index < -0.39 is 0 Å². The summed E-state index contributed by atoms with van der Waals surface area (Å²) in [5, 5.41) is 4.33. The predicted molar refractivity (Wildman–Crippen MR) is 95.3 cm³/mol. The van der Waals surface area contributed by atoms with Crippen LogP contribution in [0.25, 0.3) is 0 Å². The van der Waals surface area contributed by atoms with Crippen molar-refractivity contribution >= 4 is 34.1 Å². The number of anilines is 1. The highest BCUT2D eigenvalue weighted by Gasteiger charge is 2.17. The summed E-state index contributed by atoms with van der Waals surface area (Å²) in [6, 6.07) is 7.39. The highest BCUT2D eigenvalue weighted by Crippen LogP contribution is 2.29. The minimum absolute atomic E-state index is 0.135. The fourth-order valence-electron chi connectivity index (χ4n) is 2.70. The van der Waals surface area contributed by atoms with Crippen LogP contribution in [0.4, 0.5) is 9.93 Å². The molecular weight excluding hydrogens is 330 g/mol. The fraction of sp³-hybridized carbons (Fsp3) is 0.412. The molecule has 1 aliphatic rings. The number of fused-ring (bicyclic) bond motifs is 1. The molecule has 23 heavy (non-hydrogen) atoms. The lowest BCUT2D eigenvalue weighted by Gasteiger charge is -2.17. The smallest absolute Gasteiger partial charge is 0.323 e. The van der Waals surface area contributed by atoms with Crippen LogP contribution in [0.3, 0.4) is 0 Å². The molecule has 1 aromatic carbocycles. The van der Waals surface area contributed by atoms with Crippen LogP contribution in [-0.2, 0) is 19.4 Å². The minimum atomic E-state index is -0.135. The molecule has 1 heterocycles. The quantitative estimate of drug-likeness (QED) is 0.814. The predicted octanol–water partition coefficient (Wildman–Crippen LogP) is 4.73. The number of nitrogens with zero attached hydrogens (tertiary/aromatic N) is 2. The first-order valence-corrected chi connectivity index (χ1v) is 9.06. The maximum absolute atomic E-state index is 12.3. The second kappa shape index (κ2) is 7.32. The normalized spacial score (nSPS) is 14.0. The van der Waals surface area contributed by atoms with Crippen molar-refractivity contribution in [2.75, 3.05) is 12.4 Å². The van der Waals surface area contributed by atoms with Crippen molar-refractivity contribution in [3.63, 3.8) is 0 Å². The summed E-state index contributed by atoms with van der Waals surface area (Å²) in [6.45, 7) is 0.536. The molecule has 0 aliphatic heterocycles.